The fourth-order valence-electron chi connectivity index (χ4n) is 4.35. The third-order valence-corrected chi connectivity index (χ3v) is 6.86. The fourth-order valence-corrected chi connectivity index (χ4v) is 4.35. The Morgan fingerprint density at radius 2 is 0.792 bits per heavy atom. The number of hydrogen-bond acceptors (Lipinski definition) is 9. The molecule has 0 aliphatic heterocycles. The SMILES string of the molecule is O=C(C[C@@H](NC(=O)OCc1ccccc1)C(=O)OCc1ccccc1)N[C@@H](CC(=O)OCc1ccccc1)C(=O)OCc1ccccc1. The number of alkyl carbamates (subject to hydrolysis) is 1. The van der Waals surface area contributed by atoms with Crippen molar-refractivity contribution in [3.05, 3.63) is 144 Å². The van der Waals surface area contributed by atoms with Gasteiger partial charge in [0.1, 0.15) is 38.5 Å². The van der Waals surface area contributed by atoms with Crippen molar-refractivity contribution in [3.8, 4) is 0 Å². The molecule has 0 heterocycles. The molecule has 0 fully saturated rings. The molecule has 11 heteroatoms. The molecule has 0 saturated carbocycles. The number of benzene rings is 4. The Hall–Kier alpha value is -5.97. The normalized spacial score (nSPS) is 11.7. The van der Waals surface area contributed by atoms with Crippen LogP contribution < -0.4 is 10.6 Å². The van der Waals surface area contributed by atoms with Gasteiger partial charge in [0.05, 0.1) is 12.8 Å². The number of rotatable bonds is 16. The van der Waals surface area contributed by atoms with Crippen LogP contribution in [0.4, 0.5) is 4.79 Å². The van der Waals surface area contributed by atoms with E-state index in [0.29, 0.717) is 16.7 Å². The van der Waals surface area contributed by atoms with Gasteiger partial charge in [-0.25, -0.2) is 14.4 Å². The van der Waals surface area contributed by atoms with Gasteiger partial charge in [-0.2, -0.15) is 0 Å². The summed E-state index contributed by atoms with van der Waals surface area (Å²) in [5.41, 5.74) is 2.84. The van der Waals surface area contributed by atoms with Gasteiger partial charge in [0.25, 0.3) is 0 Å². The quantitative estimate of drug-likeness (QED) is 0.129. The van der Waals surface area contributed by atoms with E-state index in [9.17, 15) is 24.0 Å². The Bertz CT molecular complexity index is 1500. The molecule has 48 heavy (non-hydrogen) atoms. The third kappa shape index (κ3) is 12.4. The Balaban J connectivity index is 1.42. The summed E-state index contributed by atoms with van der Waals surface area (Å²) in [6.07, 6.45) is -2.13. The molecule has 0 aliphatic rings. The molecule has 0 bridgehead atoms. The molecule has 4 aromatic carbocycles. The summed E-state index contributed by atoms with van der Waals surface area (Å²) in [5.74, 6) is -3.39. The first-order valence-electron chi connectivity index (χ1n) is 15.2. The monoisotopic (exact) mass is 652 g/mol. The van der Waals surface area contributed by atoms with Crippen molar-refractivity contribution < 1.29 is 42.9 Å². The van der Waals surface area contributed by atoms with Crippen molar-refractivity contribution in [2.45, 2.75) is 51.4 Å². The van der Waals surface area contributed by atoms with Crippen molar-refractivity contribution in [3.63, 3.8) is 0 Å². The lowest BCUT2D eigenvalue weighted by Crippen LogP contribution is -2.48. The predicted molar refractivity (Wildman–Crippen MR) is 173 cm³/mol. The number of amides is 2. The van der Waals surface area contributed by atoms with Crippen LogP contribution in [0.1, 0.15) is 35.1 Å². The summed E-state index contributed by atoms with van der Waals surface area (Å²) in [6.45, 7) is -0.330. The maximum absolute atomic E-state index is 13.3. The van der Waals surface area contributed by atoms with Crippen LogP contribution in [-0.2, 0) is 64.6 Å². The molecule has 0 saturated heterocycles. The maximum Gasteiger partial charge on any atom is 0.408 e. The van der Waals surface area contributed by atoms with E-state index in [1.165, 1.54) is 0 Å². The van der Waals surface area contributed by atoms with Crippen LogP contribution in [0.3, 0.4) is 0 Å². The molecule has 0 spiro atoms. The van der Waals surface area contributed by atoms with Gasteiger partial charge in [-0.1, -0.05) is 121 Å². The minimum atomic E-state index is -1.48. The molecular formula is C37H36N2O9. The van der Waals surface area contributed by atoms with Crippen LogP contribution in [0.2, 0.25) is 0 Å². The minimum absolute atomic E-state index is 0.0380. The zero-order chi connectivity index (χ0) is 34.0. The standard InChI is InChI=1S/C37H36N2O9/c40-33(21-31(35(42)46-24-28-15-7-2-8-16-28)39-37(44)48-26-30-19-11-4-12-20-30)38-32(36(43)47-25-29-17-9-3-10-18-29)22-34(41)45-23-27-13-5-1-6-14-27/h1-20,31-32H,21-26H2,(H,38,40)(H,39,44)/t31-,32+/m1/s1. The number of hydrogen-bond donors (Lipinski definition) is 2. The van der Waals surface area contributed by atoms with Crippen LogP contribution >= 0.6 is 0 Å². The molecule has 2 atom stereocenters. The molecule has 2 N–H and O–H groups in total. The number of ether oxygens (including phenoxy) is 4. The van der Waals surface area contributed by atoms with Gasteiger partial charge in [-0.05, 0) is 22.3 Å². The van der Waals surface area contributed by atoms with Crippen molar-refractivity contribution in [1.82, 2.24) is 10.6 Å². The molecule has 0 aliphatic carbocycles. The third-order valence-electron chi connectivity index (χ3n) is 6.86. The van der Waals surface area contributed by atoms with Crippen molar-refractivity contribution >= 4 is 29.9 Å². The van der Waals surface area contributed by atoms with Gasteiger partial charge in [-0.15, -0.1) is 0 Å². The van der Waals surface area contributed by atoms with E-state index in [1.54, 1.807) is 97.1 Å². The summed E-state index contributed by atoms with van der Waals surface area (Å²) in [6, 6.07) is 32.6. The number of carbonyl (C=O) groups excluding carboxylic acids is 5. The summed E-state index contributed by atoms with van der Waals surface area (Å²) < 4.78 is 21.3. The molecule has 4 aromatic rings. The summed E-state index contributed by atoms with van der Waals surface area (Å²) >= 11 is 0. The first-order valence-corrected chi connectivity index (χ1v) is 15.2. The topological polar surface area (TPSA) is 146 Å². The first kappa shape index (κ1) is 34.9. The molecule has 248 valence electrons. The van der Waals surface area contributed by atoms with Crippen molar-refractivity contribution in [2.24, 2.45) is 0 Å². The largest absolute Gasteiger partial charge is 0.461 e. The first-order chi connectivity index (χ1) is 23.4. The number of carbonyl (C=O) groups is 5. The van der Waals surface area contributed by atoms with Crippen LogP contribution in [-0.4, -0.2) is 42.0 Å². The molecule has 0 radical (unpaired) electrons. The lowest BCUT2D eigenvalue weighted by Gasteiger charge is -2.20. The van der Waals surface area contributed by atoms with E-state index < -0.39 is 54.8 Å². The fraction of sp³-hybridized carbons (Fsp3) is 0.216. The average molecular weight is 653 g/mol. The smallest absolute Gasteiger partial charge is 0.408 e. The minimum Gasteiger partial charge on any atom is -0.461 e. The van der Waals surface area contributed by atoms with Gasteiger partial charge in [0.2, 0.25) is 5.91 Å². The second-order valence-corrected chi connectivity index (χ2v) is 10.6. The van der Waals surface area contributed by atoms with Crippen LogP contribution in [0, 0.1) is 0 Å². The van der Waals surface area contributed by atoms with Gasteiger partial charge in [0.15, 0.2) is 0 Å². The van der Waals surface area contributed by atoms with E-state index in [2.05, 4.69) is 10.6 Å². The second-order valence-electron chi connectivity index (χ2n) is 10.6. The lowest BCUT2D eigenvalue weighted by atomic mass is 10.1. The van der Waals surface area contributed by atoms with Gasteiger partial charge in [0, 0.05) is 0 Å². The average Bonchev–Trinajstić information content (AvgIpc) is 3.12. The Kier molecular flexibility index (Phi) is 13.7. The van der Waals surface area contributed by atoms with Crippen LogP contribution in [0.25, 0.3) is 0 Å². The molecular weight excluding hydrogens is 616 g/mol. The lowest BCUT2D eigenvalue weighted by molar-refractivity contribution is -0.155. The van der Waals surface area contributed by atoms with E-state index in [4.69, 9.17) is 18.9 Å². The Morgan fingerprint density at radius 3 is 1.21 bits per heavy atom. The van der Waals surface area contributed by atoms with E-state index in [0.717, 1.165) is 5.56 Å². The zero-order valence-electron chi connectivity index (χ0n) is 26.1. The highest BCUT2D eigenvalue weighted by Gasteiger charge is 2.31. The number of esters is 3. The van der Waals surface area contributed by atoms with E-state index in [1.807, 2.05) is 24.3 Å². The molecule has 4 rings (SSSR count). The molecule has 11 nitrogen and oxygen atoms in total. The zero-order valence-corrected chi connectivity index (χ0v) is 26.1. The van der Waals surface area contributed by atoms with Crippen LogP contribution in [0.5, 0.6) is 0 Å². The predicted octanol–water partition coefficient (Wildman–Crippen LogP) is 4.78. The highest BCUT2D eigenvalue weighted by Crippen LogP contribution is 2.10. The highest BCUT2D eigenvalue weighted by molar-refractivity contribution is 5.91. The summed E-state index contributed by atoms with van der Waals surface area (Å²) in [4.78, 5) is 64.9. The Morgan fingerprint density at radius 1 is 0.438 bits per heavy atom. The molecule has 2 amide bonds. The highest BCUT2D eigenvalue weighted by atomic mass is 16.6. The van der Waals surface area contributed by atoms with E-state index in [-0.39, 0.29) is 26.4 Å². The molecule has 0 unspecified atom stereocenters. The van der Waals surface area contributed by atoms with Crippen LogP contribution in [0.15, 0.2) is 121 Å². The number of nitrogens with one attached hydrogen (secondary N) is 2. The van der Waals surface area contributed by atoms with E-state index >= 15 is 0 Å². The van der Waals surface area contributed by atoms with Gasteiger partial charge < -0.3 is 29.6 Å². The van der Waals surface area contributed by atoms with Gasteiger partial charge >= 0.3 is 24.0 Å². The summed E-state index contributed by atoms with van der Waals surface area (Å²) in [5, 5.41) is 4.84. The Labute approximate surface area is 278 Å². The maximum atomic E-state index is 13.3. The van der Waals surface area contributed by atoms with Crippen molar-refractivity contribution in [2.75, 3.05) is 0 Å². The van der Waals surface area contributed by atoms with Gasteiger partial charge in [-0.3, -0.25) is 9.59 Å². The summed E-state index contributed by atoms with van der Waals surface area (Å²) in [7, 11) is 0. The molecule has 0 aromatic heterocycles. The second kappa shape index (κ2) is 18.9. The van der Waals surface area contributed by atoms with Crippen molar-refractivity contribution in [1.29, 1.82) is 0 Å².